The van der Waals surface area contributed by atoms with Crippen molar-refractivity contribution in [3.8, 4) is 0 Å². The van der Waals surface area contributed by atoms with Crippen molar-refractivity contribution in [2.24, 2.45) is 0 Å². The summed E-state index contributed by atoms with van der Waals surface area (Å²) in [5.74, 6) is 0. The van der Waals surface area contributed by atoms with Crippen LogP contribution in [0.15, 0.2) is 42.5 Å². The molecule has 1 nitrogen and oxygen atoms in total. The van der Waals surface area contributed by atoms with E-state index in [1.807, 2.05) is 42.5 Å². The molecule has 1 atom stereocenters. The average molecular weight is 253 g/mol. The Labute approximate surface area is 104 Å². The second-order valence-corrected chi connectivity index (χ2v) is 4.29. The molecule has 0 saturated heterocycles. The van der Waals surface area contributed by atoms with Gasteiger partial charge in [0.05, 0.1) is 6.54 Å². The van der Waals surface area contributed by atoms with Gasteiger partial charge in [0.1, 0.15) is 0 Å². The molecule has 0 aliphatic rings. The number of benzene rings is 2. The van der Waals surface area contributed by atoms with Gasteiger partial charge in [-0.15, -0.1) is 0 Å². The third kappa shape index (κ3) is 3.01. The zero-order chi connectivity index (χ0) is 13.2. The normalized spacial score (nSPS) is 13.8. The highest BCUT2D eigenvalue weighted by Crippen LogP contribution is 2.24. The standard InChI is InChI=1S/C14H14F3N/c1-10(18-9-14(15,16)17)12-8-4-6-11-5-2-3-7-13(11)12/h2-8,10,18H,9H2,1H3/t10-/m1/s1. The van der Waals surface area contributed by atoms with Gasteiger partial charge in [-0.2, -0.15) is 13.2 Å². The molecular weight excluding hydrogens is 239 g/mol. The molecule has 0 aromatic heterocycles. The van der Waals surface area contributed by atoms with Crippen LogP contribution in [-0.4, -0.2) is 12.7 Å². The Balaban J connectivity index is 2.25. The Morgan fingerprint density at radius 3 is 2.44 bits per heavy atom. The summed E-state index contributed by atoms with van der Waals surface area (Å²) in [5.41, 5.74) is 0.886. The maximum atomic E-state index is 12.2. The first-order valence-electron chi connectivity index (χ1n) is 5.75. The van der Waals surface area contributed by atoms with Crippen molar-refractivity contribution in [3.05, 3.63) is 48.0 Å². The number of nitrogens with one attached hydrogen (secondary N) is 1. The van der Waals surface area contributed by atoms with Gasteiger partial charge in [0.2, 0.25) is 0 Å². The SMILES string of the molecule is C[C@@H](NCC(F)(F)F)c1cccc2ccccc12. The van der Waals surface area contributed by atoms with Crippen LogP contribution in [0.2, 0.25) is 0 Å². The van der Waals surface area contributed by atoms with Gasteiger partial charge in [-0.25, -0.2) is 0 Å². The molecule has 18 heavy (non-hydrogen) atoms. The van der Waals surface area contributed by atoms with Gasteiger partial charge in [-0.1, -0.05) is 42.5 Å². The van der Waals surface area contributed by atoms with Crippen LogP contribution in [-0.2, 0) is 0 Å². The molecule has 0 radical (unpaired) electrons. The van der Waals surface area contributed by atoms with Crippen LogP contribution in [0.3, 0.4) is 0 Å². The summed E-state index contributed by atoms with van der Waals surface area (Å²) in [6.07, 6.45) is -4.18. The minimum absolute atomic E-state index is 0.335. The molecule has 0 aliphatic heterocycles. The van der Waals surface area contributed by atoms with Crippen LogP contribution in [0, 0.1) is 0 Å². The Morgan fingerprint density at radius 2 is 1.72 bits per heavy atom. The summed E-state index contributed by atoms with van der Waals surface area (Å²) in [4.78, 5) is 0. The third-order valence-corrected chi connectivity index (χ3v) is 2.90. The average Bonchev–Trinajstić information content (AvgIpc) is 2.34. The van der Waals surface area contributed by atoms with E-state index in [-0.39, 0.29) is 6.04 Å². The summed E-state index contributed by atoms with van der Waals surface area (Å²) in [5, 5.41) is 4.53. The molecule has 2 aromatic rings. The molecule has 1 N–H and O–H groups in total. The van der Waals surface area contributed by atoms with E-state index in [1.54, 1.807) is 6.92 Å². The van der Waals surface area contributed by atoms with Crippen LogP contribution in [0.5, 0.6) is 0 Å². The summed E-state index contributed by atoms with van der Waals surface area (Å²) in [6.45, 7) is 0.769. The topological polar surface area (TPSA) is 12.0 Å². The van der Waals surface area contributed by atoms with Crippen molar-refractivity contribution < 1.29 is 13.2 Å². The van der Waals surface area contributed by atoms with Crippen molar-refractivity contribution in [2.45, 2.75) is 19.1 Å². The lowest BCUT2D eigenvalue weighted by atomic mass is 10.00. The van der Waals surface area contributed by atoms with E-state index < -0.39 is 12.7 Å². The zero-order valence-electron chi connectivity index (χ0n) is 9.96. The molecule has 0 heterocycles. The van der Waals surface area contributed by atoms with E-state index in [0.29, 0.717) is 0 Å². The fourth-order valence-corrected chi connectivity index (χ4v) is 2.01. The van der Waals surface area contributed by atoms with E-state index in [2.05, 4.69) is 5.32 Å². The second-order valence-electron chi connectivity index (χ2n) is 4.29. The molecule has 0 unspecified atom stereocenters. The first-order chi connectivity index (χ1) is 8.47. The molecule has 0 saturated carbocycles. The van der Waals surface area contributed by atoms with E-state index in [0.717, 1.165) is 16.3 Å². The second kappa shape index (κ2) is 4.98. The van der Waals surface area contributed by atoms with Gasteiger partial charge in [0.25, 0.3) is 0 Å². The first-order valence-corrected chi connectivity index (χ1v) is 5.75. The Morgan fingerprint density at radius 1 is 1.06 bits per heavy atom. The largest absolute Gasteiger partial charge is 0.401 e. The maximum Gasteiger partial charge on any atom is 0.401 e. The lowest BCUT2D eigenvalue weighted by Gasteiger charge is -2.17. The van der Waals surface area contributed by atoms with Crippen LogP contribution < -0.4 is 5.32 Å². The number of alkyl halides is 3. The third-order valence-electron chi connectivity index (χ3n) is 2.90. The molecule has 0 spiro atoms. The van der Waals surface area contributed by atoms with Crippen molar-refractivity contribution in [2.75, 3.05) is 6.54 Å². The molecule has 2 aromatic carbocycles. The first kappa shape index (κ1) is 12.9. The van der Waals surface area contributed by atoms with Gasteiger partial charge in [0.15, 0.2) is 0 Å². The van der Waals surface area contributed by atoms with Gasteiger partial charge < -0.3 is 5.32 Å². The van der Waals surface area contributed by atoms with Gasteiger partial charge >= 0.3 is 6.18 Å². The minimum atomic E-state index is -4.18. The maximum absolute atomic E-state index is 12.2. The van der Waals surface area contributed by atoms with Crippen molar-refractivity contribution >= 4 is 10.8 Å². The lowest BCUT2D eigenvalue weighted by molar-refractivity contribution is -0.126. The molecule has 2 rings (SSSR count). The van der Waals surface area contributed by atoms with E-state index in [1.165, 1.54) is 0 Å². The van der Waals surface area contributed by atoms with Crippen molar-refractivity contribution in [1.29, 1.82) is 0 Å². The fraction of sp³-hybridized carbons (Fsp3) is 0.286. The highest BCUT2D eigenvalue weighted by Gasteiger charge is 2.27. The fourth-order valence-electron chi connectivity index (χ4n) is 2.01. The Kier molecular flexibility index (Phi) is 3.57. The molecule has 0 bridgehead atoms. The van der Waals surface area contributed by atoms with Crippen LogP contribution in [0.25, 0.3) is 10.8 Å². The van der Waals surface area contributed by atoms with Crippen molar-refractivity contribution in [1.82, 2.24) is 5.32 Å². The number of hydrogen-bond donors (Lipinski definition) is 1. The highest BCUT2D eigenvalue weighted by atomic mass is 19.4. The zero-order valence-corrected chi connectivity index (χ0v) is 9.96. The summed E-state index contributed by atoms with van der Waals surface area (Å²) < 4.78 is 36.5. The van der Waals surface area contributed by atoms with E-state index >= 15 is 0 Å². The number of rotatable bonds is 3. The summed E-state index contributed by atoms with van der Waals surface area (Å²) in [6, 6.07) is 13.0. The molecule has 0 amide bonds. The quantitative estimate of drug-likeness (QED) is 0.870. The molecule has 0 fully saturated rings. The summed E-state index contributed by atoms with van der Waals surface area (Å²) >= 11 is 0. The molecular formula is C14H14F3N. The van der Waals surface area contributed by atoms with Gasteiger partial charge in [0, 0.05) is 6.04 Å². The smallest absolute Gasteiger partial charge is 0.302 e. The van der Waals surface area contributed by atoms with E-state index in [4.69, 9.17) is 0 Å². The minimum Gasteiger partial charge on any atom is -0.302 e. The predicted molar refractivity (Wildman–Crippen MR) is 66.4 cm³/mol. The van der Waals surface area contributed by atoms with Crippen LogP contribution in [0.1, 0.15) is 18.5 Å². The number of halogens is 3. The molecule has 96 valence electrons. The molecule has 4 heteroatoms. The predicted octanol–water partition coefficient (Wildman–Crippen LogP) is 4.05. The summed E-state index contributed by atoms with van der Waals surface area (Å²) in [7, 11) is 0. The van der Waals surface area contributed by atoms with Gasteiger partial charge in [-0.3, -0.25) is 0 Å². The molecule has 0 aliphatic carbocycles. The van der Waals surface area contributed by atoms with Crippen molar-refractivity contribution in [3.63, 3.8) is 0 Å². The van der Waals surface area contributed by atoms with Gasteiger partial charge in [-0.05, 0) is 23.3 Å². The Bertz CT molecular complexity index is 529. The van der Waals surface area contributed by atoms with Crippen LogP contribution in [0.4, 0.5) is 13.2 Å². The lowest BCUT2D eigenvalue weighted by Crippen LogP contribution is -2.30. The Hall–Kier alpha value is -1.55. The monoisotopic (exact) mass is 253 g/mol. The number of fused-ring (bicyclic) bond motifs is 1. The van der Waals surface area contributed by atoms with E-state index in [9.17, 15) is 13.2 Å². The van der Waals surface area contributed by atoms with Crippen LogP contribution >= 0.6 is 0 Å². The number of hydrogen-bond acceptors (Lipinski definition) is 1. The highest BCUT2D eigenvalue weighted by molar-refractivity contribution is 5.86.